The summed E-state index contributed by atoms with van der Waals surface area (Å²) in [7, 11) is 1.74. The van der Waals surface area contributed by atoms with Crippen molar-refractivity contribution in [1.29, 1.82) is 0 Å². The second kappa shape index (κ2) is 5.66. The van der Waals surface area contributed by atoms with Gasteiger partial charge in [0.25, 0.3) is 0 Å². The van der Waals surface area contributed by atoms with Crippen LogP contribution in [0.4, 0.5) is 13.2 Å². The van der Waals surface area contributed by atoms with Gasteiger partial charge in [-0.25, -0.2) is 0 Å². The topological polar surface area (TPSA) is 37.8 Å². The Balaban J connectivity index is 2.21. The van der Waals surface area contributed by atoms with Crippen LogP contribution in [0.3, 0.4) is 0 Å². The molecule has 3 nitrogen and oxygen atoms in total. The fourth-order valence-corrected chi connectivity index (χ4v) is 2.72. The van der Waals surface area contributed by atoms with Crippen LogP contribution in [0.1, 0.15) is 21.6 Å². The first-order valence-electron chi connectivity index (χ1n) is 5.61. The summed E-state index contributed by atoms with van der Waals surface area (Å²) in [6.07, 6.45) is -5.28. The Morgan fingerprint density at radius 3 is 2.47 bits per heavy atom. The molecule has 0 spiro atoms. The molecule has 0 fully saturated rings. The molecule has 1 heterocycles. The van der Waals surface area contributed by atoms with Crippen molar-refractivity contribution < 1.29 is 13.2 Å². The molecule has 1 aromatic heterocycles. The third kappa shape index (κ3) is 3.74. The lowest BCUT2D eigenvalue weighted by atomic mass is 10.1. The van der Waals surface area contributed by atoms with Gasteiger partial charge in [0.1, 0.15) is 10.0 Å². The van der Waals surface area contributed by atoms with E-state index in [-0.39, 0.29) is 11.0 Å². The van der Waals surface area contributed by atoms with Gasteiger partial charge in [-0.1, -0.05) is 41.7 Å². The number of rotatable bonds is 4. The van der Waals surface area contributed by atoms with E-state index in [9.17, 15) is 13.2 Å². The summed E-state index contributed by atoms with van der Waals surface area (Å²) in [5.41, 5.74) is 0.944. The van der Waals surface area contributed by atoms with E-state index in [2.05, 4.69) is 15.5 Å². The number of nitrogens with zero attached hydrogens (tertiary/aromatic N) is 2. The molecule has 1 N–H and O–H groups in total. The Morgan fingerprint density at radius 2 is 1.89 bits per heavy atom. The van der Waals surface area contributed by atoms with E-state index in [0.29, 0.717) is 5.01 Å². The van der Waals surface area contributed by atoms with Gasteiger partial charge in [0.15, 0.2) is 0 Å². The maximum atomic E-state index is 12.3. The monoisotopic (exact) mass is 287 g/mol. The van der Waals surface area contributed by atoms with Gasteiger partial charge in [-0.05, 0) is 12.6 Å². The van der Waals surface area contributed by atoms with Gasteiger partial charge < -0.3 is 5.32 Å². The SMILES string of the molecule is CNC(c1ccccc1)c1nnc(CC(F)(F)F)s1. The molecule has 0 saturated heterocycles. The van der Waals surface area contributed by atoms with Gasteiger partial charge in [0.05, 0.1) is 12.5 Å². The molecule has 1 atom stereocenters. The van der Waals surface area contributed by atoms with Crippen LogP contribution in [0.15, 0.2) is 30.3 Å². The van der Waals surface area contributed by atoms with E-state index in [4.69, 9.17) is 0 Å². The first kappa shape index (κ1) is 14.0. The molecule has 0 radical (unpaired) electrons. The zero-order valence-electron chi connectivity index (χ0n) is 10.1. The van der Waals surface area contributed by atoms with Crippen molar-refractivity contribution in [2.24, 2.45) is 0 Å². The minimum atomic E-state index is -4.25. The molecule has 0 amide bonds. The van der Waals surface area contributed by atoms with Crippen molar-refractivity contribution >= 4 is 11.3 Å². The van der Waals surface area contributed by atoms with E-state index in [0.717, 1.165) is 16.9 Å². The largest absolute Gasteiger partial charge is 0.395 e. The fraction of sp³-hybridized carbons (Fsp3) is 0.333. The lowest BCUT2D eigenvalue weighted by Gasteiger charge is -2.12. The molecular formula is C12H12F3N3S. The van der Waals surface area contributed by atoms with Gasteiger partial charge >= 0.3 is 6.18 Å². The second-order valence-electron chi connectivity index (χ2n) is 3.96. The molecule has 0 saturated carbocycles. The normalized spacial score (nSPS) is 13.5. The molecule has 0 aliphatic carbocycles. The second-order valence-corrected chi connectivity index (χ2v) is 5.05. The fourth-order valence-electron chi connectivity index (χ4n) is 1.70. The van der Waals surface area contributed by atoms with Crippen LogP contribution in [0, 0.1) is 0 Å². The number of halogens is 3. The van der Waals surface area contributed by atoms with Crippen LogP contribution in [-0.4, -0.2) is 23.4 Å². The Kier molecular flexibility index (Phi) is 4.16. The predicted octanol–water partition coefficient (Wildman–Crippen LogP) is 2.95. The standard InChI is InChI=1S/C12H12F3N3S/c1-16-10(8-5-3-2-4-6-8)11-18-17-9(19-11)7-12(13,14)15/h2-6,10,16H,7H2,1H3. The highest BCUT2D eigenvalue weighted by molar-refractivity contribution is 7.11. The zero-order valence-corrected chi connectivity index (χ0v) is 10.9. The number of aromatic nitrogens is 2. The van der Waals surface area contributed by atoms with E-state index < -0.39 is 12.6 Å². The van der Waals surface area contributed by atoms with Gasteiger partial charge in [-0.15, -0.1) is 10.2 Å². The molecule has 0 bridgehead atoms. The highest BCUT2D eigenvalue weighted by atomic mass is 32.1. The highest BCUT2D eigenvalue weighted by Crippen LogP contribution is 2.28. The molecule has 1 unspecified atom stereocenters. The molecule has 2 rings (SSSR count). The number of hydrogen-bond acceptors (Lipinski definition) is 4. The number of benzene rings is 1. The lowest BCUT2D eigenvalue weighted by molar-refractivity contribution is -0.127. The van der Waals surface area contributed by atoms with Crippen molar-refractivity contribution in [2.75, 3.05) is 7.05 Å². The van der Waals surface area contributed by atoms with Crippen LogP contribution >= 0.6 is 11.3 Å². The molecule has 1 aromatic carbocycles. The van der Waals surface area contributed by atoms with E-state index in [1.165, 1.54) is 0 Å². The molecule has 0 aliphatic rings. The van der Waals surface area contributed by atoms with Crippen molar-refractivity contribution in [3.8, 4) is 0 Å². The van der Waals surface area contributed by atoms with Crippen LogP contribution in [0.5, 0.6) is 0 Å². The lowest BCUT2D eigenvalue weighted by Crippen LogP contribution is -2.17. The third-order valence-corrected chi connectivity index (χ3v) is 3.49. The van der Waals surface area contributed by atoms with Crippen LogP contribution in [0.2, 0.25) is 0 Å². The quantitative estimate of drug-likeness (QED) is 0.939. The third-order valence-electron chi connectivity index (χ3n) is 2.50. The van der Waals surface area contributed by atoms with Gasteiger partial charge in [0.2, 0.25) is 0 Å². The minimum absolute atomic E-state index is 0.0151. The summed E-state index contributed by atoms with van der Waals surface area (Å²) in [5, 5.41) is 11.0. The average molecular weight is 287 g/mol. The predicted molar refractivity (Wildman–Crippen MR) is 67.0 cm³/mol. The van der Waals surface area contributed by atoms with Gasteiger partial charge in [-0.2, -0.15) is 13.2 Å². The molecular weight excluding hydrogens is 275 g/mol. The summed E-state index contributed by atoms with van der Waals surface area (Å²) in [5.74, 6) is 0. The molecule has 0 aliphatic heterocycles. The van der Waals surface area contributed by atoms with Crippen LogP contribution in [-0.2, 0) is 6.42 Å². The first-order valence-corrected chi connectivity index (χ1v) is 6.42. The summed E-state index contributed by atoms with van der Waals surface area (Å²) in [4.78, 5) is 0. The minimum Gasteiger partial charge on any atom is -0.307 e. The number of nitrogens with one attached hydrogen (secondary N) is 1. The van der Waals surface area contributed by atoms with Crippen LogP contribution < -0.4 is 5.32 Å². The van der Waals surface area contributed by atoms with E-state index in [1.807, 2.05) is 30.3 Å². The van der Waals surface area contributed by atoms with Crippen molar-refractivity contribution in [3.05, 3.63) is 45.9 Å². The first-order chi connectivity index (χ1) is 8.99. The average Bonchev–Trinajstić information content (AvgIpc) is 2.77. The van der Waals surface area contributed by atoms with Crippen LogP contribution in [0.25, 0.3) is 0 Å². The summed E-state index contributed by atoms with van der Waals surface area (Å²) in [6.45, 7) is 0. The molecule has 19 heavy (non-hydrogen) atoms. The van der Waals surface area contributed by atoms with Gasteiger partial charge in [0, 0.05) is 0 Å². The Labute approximate surface area is 112 Å². The summed E-state index contributed by atoms with van der Waals surface area (Å²) < 4.78 is 36.8. The summed E-state index contributed by atoms with van der Waals surface area (Å²) >= 11 is 0.983. The Morgan fingerprint density at radius 1 is 1.21 bits per heavy atom. The van der Waals surface area contributed by atoms with Gasteiger partial charge in [-0.3, -0.25) is 0 Å². The van der Waals surface area contributed by atoms with Crippen molar-refractivity contribution in [1.82, 2.24) is 15.5 Å². The molecule has 7 heteroatoms. The number of hydrogen-bond donors (Lipinski definition) is 1. The molecule has 2 aromatic rings. The zero-order chi connectivity index (χ0) is 13.9. The Bertz CT molecular complexity index is 525. The van der Waals surface area contributed by atoms with E-state index >= 15 is 0 Å². The van der Waals surface area contributed by atoms with Crippen molar-refractivity contribution in [3.63, 3.8) is 0 Å². The smallest absolute Gasteiger partial charge is 0.307 e. The number of alkyl halides is 3. The maximum absolute atomic E-state index is 12.3. The van der Waals surface area contributed by atoms with Crippen molar-refractivity contribution in [2.45, 2.75) is 18.6 Å². The summed E-state index contributed by atoms with van der Waals surface area (Å²) in [6, 6.07) is 9.18. The highest BCUT2D eigenvalue weighted by Gasteiger charge is 2.30. The van der Waals surface area contributed by atoms with E-state index in [1.54, 1.807) is 7.05 Å². The maximum Gasteiger partial charge on any atom is 0.395 e. The molecule has 102 valence electrons. The Hall–Kier alpha value is -1.47.